The zero-order chi connectivity index (χ0) is 9.42. The number of phenolic OH excluding ortho intramolecular Hbond substituents is 2. The van der Waals surface area contributed by atoms with E-state index in [-0.39, 0.29) is 17.4 Å². The van der Waals surface area contributed by atoms with E-state index in [1.165, 1.54) is 6.07 Å². The Morgan fingerprint density at radius 2 is 2.00 bits per heavy atom. The summed E-state index contributed by atoms with van der Waals surface area (Å²) in [5, 5.41) is 21.2. The van der Waals surface area contributed by atoms with Crippen molar-refractivity contribution in [1.29, 1.82) is 0 Å². The van der Waals surface area contributed by atoms with Crippen LogP contribution in [0.25, 0.3) is 0 Å². The molecule has 1 amide bonds. The van der Waals surface area contributed by atoms with E-state index >= 15 is 0 Å². The lowest BCUT2D eigenvalue weighted by Crippen LogP contribution is -2.18. The molecule has 1 aromatic rings. The van der Waals surface area contributed by atoms with Gasteiger partial charge in [0.05, 0.1) is 0 Å². The molecule has 1 aliphatic heterocycles. The second-order valence-corrected chi connectivity index (χ2v) is 3.01. The van der Waals surface area contributed by atoms with E-state index < -0.39 is 0 Å². The Balaban J connectivity index is 2.53. The molecule has 0 spiro atoms. The molecule has 0 bridgehead atoms. The molecule has 0 saturated carbocycles. The number of rotatable bonds is 0. The first kappa shape index (κ1) is 7.91. The summed E-state index contributed by atoms with van der Waals surface area (Å²) >= 11 is 0. The molecule has 0 unspecified atom stereocenters. The highest BCUT2D eigenvalue weighted by Crippen LogP contribution is 2.36. The van der Waals surface area contributed by atoms with Crippen molar-refractivity contribution in [2.75, 3.05) is 5.32 Å². The number of hydrogen-bond acceptors (Lipinski definition) is 3. The van der Waals surface area contributed by atoms with Gasteiger partial charge in [-0.2, -0.15) is 0 Å². The quantitative estimate of drug-likeness (QED) is 0.410. The third-order valence-electron chi connectivity index (χ3n) is 2.14. The maximum Gasteiger partial charge on any atom is 0.224 e. The molecule has 68 valence electrons. The summed E-state index contributed by atoms with van der Waals surface area (Å²) in [5.41, 5.74) is 1.20. The summed E-state index contributed by atoms with van der Waals surface area (Å²) in [4.78, 5) is 11.0. The number of fused-ring (bicyclic) bond motifs is 1. The van der Waals surface area contributed by atoms with Gasteiger partial charge in [-0.25, -0.2) is 0 Å². The molecule has 0 aromatic heterocycles. The number of benzene rings is 1. The Hall–Kier alpha value is -1.71. The van der Waals surface area contributed by atoms with Gasteiger partial charge in [0, 0.05) is 17.7 Å². The van der Waals surface area contributed by atoms with Crippen LogP contribution in [0.5, 0.6) is 11.5 Å². The van der Waals surface area contributed by atoms with Gasteiger partial charge in [0.2, 0.25) is 5.91 Å². The van der Waals surface area contributed by atoms with Crippen molar-refractivity contribution >= 4 is 11.6 Å². The van der Waals surface area contributed by atoms with Gasteiger partial charge in [-0.05, 0) is 18.6 Å². The fraction of sp³-hybridized carbons (Fsp3) is 0.222. The molecule has 0 radical (unpaired) electrons. The van der Waals surface area contributed by atoms with Crippen LogP contribution in [0.3, 0.4) is 0 Å². The standard InChI is InChI=1S/C9H9NO3/c11-7-3-2-6-5(9(7)13)1-4-8(12)10-6/h2-3,11,13H,1,4H2,(H,10,12). The van der Waals surface area contributed by atoms with E-state index in [1.807, 2.05) is 0 Å². The van der Waals surface area contributed by atoms with Crippen LogP contribution in [0.1, 0.15) is 12.0 Å². The van der Waals surface area contributed by atoms with Gasteiger partial charge < -0.3 is 15.5 Å². The maximum absolute atomic E-state index is 11.0. The maximum atomic E-state index is 11.0. The van der Waals surface area contributed by atoms with Crippen molar-refractivity contribution in [3.63, 3.8) is 0 Å². The van der Waals surface area contributed by atoms with Gasteiger partial charge in [-0.15, -0.1) is 0 Å². The van der Waals surface area contributed by atoms with E-state index in [1.54, 1.807) is 6.07 Å². The largest absolute Gasteiger partial charge is 0.504 e. The first-order chi connectivity index (χ1) is 6.18. The first-order valence-corrected chi connectivity index (χ1v) is 4.02. The lowest BCUT2D eigenvalue weighted by Gasteiger charge is -2.17. The number of phenols is 2. The zero-order valence-electron chi connectivity index (χ0n) is 6.87. The van der Waals surface area contributed by atoms with E-state index in [0.717, 1.165) is 0 Å². The van der Waals surface area contributed by atoms with Crippen molar-refractivity contribution < 1.29 is 15.0 Å². The predicted molar refractivity (Wildman–Crippen MR) is 46.7 cm³/mol. The van der Waals surface area contributed by atoms with Crippen LogP contribution in [0, 0.1) is 0 Å². The van der Waals surface area contributed by atoms with Crippen LogP contribution in [-0.4, -0.2) is 16.1 Å². The normalized spacial score (nSPS) is 14.9. The van der Waals surface area contributed by atoms with Crippen LogP contribution in [-0.2, 0) is 11.2 Å². The number of carbonyl (C=O) groups is 1. The fourth-order valence-corrected chi connectivity index (χ4v) is 1.45. The molecule has 0 saturated heterocycles. The average molecular weight is 179 g/mol. The second-order valence-electron chi connectivity index (χ2n) is 3.01. The third-order valence-corrected chi connectivity index (χ3v) is 2.14. The van der Waals surface area contributed by atoms with Crippen LogP contribution in [0.15, 0.2) is 12.1 Å². The van der Waals surface area contributed by atoms with E-state index in [0.29, 0.717) is 24.1 Å². The Labute approximate surface area is 74.8 Å². The summed E-state index contributed by atoms with van der Waals surface area (Å²) in [6, 6.07) is 2.95. The summed E-state index contributed by atoms with van der Waals surface area (Å²) in [6.07, 6.45) is 0.825. The predicted octanol–water partition coefficient (Wildman–Crippen LogP) is 0.982. The molecule has 4 heteroatoms. The van der Waals surface area contributed by atoms with Gasteiger partial charge in [0.1, 0.15) is 0 Å². The summed E-state index contributed by atoms with van der Waals surface area (Å²) in [7, 11) is 0. The number of anilines is 1. The molecule has 0 fully saturated rings. The highest BCUT2D eigenvalue weighted by atomic mass is 16.3. The highest BCUT2D eigenvalue weighted by Gasteiger charge is 2.19. The smallest absolute Gasteiger partial charge is 0.224 e. The van der Waals surface area contributed by atoms with Crippen molar-refractivity contribution in [2.24, 2.45) is 0 Å². The van der Waals surface area contributed by atoms with Crippen LogP contribution in [0.4, 0.5) is 5.69 Å². The van der Waals surface area contributed by atoms with Crippen molar-refractivity contribution in [3.8, 4) is 11.5 Å². The number of hydrogen-bond donors (Lipinski definition) is 3. The molecule has 3 N–H and O–H groups in total. The lowest BCUT2D eigenvalue weighted by molar-refractivity contribution is -0.116. The summed E-state index contributed by atoms with van der Waals surface area (Å²) < 4.78 is 0. The van der Waals surface area contributed by atoms with Crippen molar-refractivity contribution in [3.05, 3.63) is 17.7 Å². The summed E-state index contributed by atoms with van der Waals surface area (Å²) in [6.45, 7) is 0. The molecule has 0 atom stereocenters. The van der Waals surface area contributed by atoms with Gasteiger partial charge in [0.15, 0.2) is 11.5 Å². The minimum atomic E-state index is -0.144. The van der Waals surface area contributed by atoms with Crippen LogP contribution < -0.4 is 5.32 Å². The Morgan fingerprint density at radius 3 is 2.77 bits per heavy atom. The Kier molecular flexibility index (Phi) is 1.62. The van der Waals surface area contributed by atoms with Crippen molar-refractivity contribution in [1.82, 2.24) is 0 Å². The monoisotopic (exact) mass is 179 g/mol. The number of nitrogens with one attached hydrogen (secondary N) is 1. The molecule has 1 aliphatic rings. The number of carbonyl (C=O) groups excluding carboxylic acids is 1. The summed E-state index contributed by atoms with van der Waals surface area (Å²) in [5.74, 6) is -0.329. The molecule has 0 aliphatic carbocycles. The molecular formula is C9H9NO3. The SMILES string of the molecule is O=C1CCc2c(ccc(O)c2O)N1. The average Bonchev–Trinajstić information content (AvgIpc) is 2.12. The third kappa shape index (κ3) is 1.20. The van der Waals surface area contributed by atoms with E-state index in [9.17, 15) is 15.0 Å². The van der Waals surface area contributed by atoms with E-state index in [4.69, 9.17) is 0 Å². The van der Waals surface area contributed by atoms with Gasteiger partial charge in [-0.3, -0.25) is 4.79 Å². The first-order valence-electron chi connectivity index (χ1n) is 4.02. The highest BCUT2D eigenvalue weighted by molar-refractivity contribution is 5.94. The van der Waals surface area contributed by atoms with Gasteiger partial charge in [-0.1, -0.05) is 0 Å². The van der Waals surface area contributed by atoms with Gasteiger partial charge in [0.25, 0.3) is 0 Å². The van der Waals surface area contributed by atoms with Gasteiger partial charge >= 0.3 is 0 Å². The molecule has 1 heterocycles. The molecule has 13 heavy (non-hydrogen) atoms. The van der Waals surface area contributed by atoms with Crippen LogP contribution >= 0.6 is 0 Å². The van der Waals surface area contributed by atoms with Crippen molar-refractivity contribution in [2.45, 2.75) is 12.8 Å². The molecule has 1 aromatic carbocycles. The minimum absolute atomic E-state index is 0.0578. The Morgan fingerprint density at radius 1 is 1.23 bits per heavy atom. The molecule has 4 nitrogen and oxygen atoms in total. The lowest BCUT2D eigenvalue weighted by atomic mass is 10.0. The minimum Gasteiger partial charge on any atom is -0.504 e. The number of aromatic hydroxyl groups is 2. The second kappa shape index (κ2) is 2.65. The van der Waals surface area contributed by atoms with E-state index in [2.05, 4.69) is 5.32 Å². The Bertz CT molecular complexity index is 373. The molecule has 2 rings (SSSR count). The number of amides is 1. The molecular weight excluding hydrogens is 170 g/mol. The topological polar surface area (TPSA) is 69.6 Å². The van der Waals surface area contributed by atoms with Crippen LogP contribution in [0.2, 0.25) is 0 Å². The fourth-order valence-electron chi connectivity index (χ4n) is 1.45. The zero-order valence-corrected chi connectivity index (χ0v) is 6.87.